The van der Waals surface area contributed by atoms with Crippen molar-refractivity contribution in [2.24, 2.45) is 0 Å². The molecule has 0 atom stereocenters. The van der Waals surface area contributed by atoms with Crippen LogP contribution in [-0.2, 0) is 20.6 Å². The van der Waals surface area contributed by atoms with E-state index in [9.17, 15) is 0 Å². The minimum absolute atomic E-state index is 0.276. The van der Waals surface area contributed by atoms with E-state index in [-0.39, 0.29) is 18.3 Å². The first kappa shape index (κ1) is 18.4. The summed E-state index contributed by atoms with van der Waals surface area (Å²) in [6, 6.07) is 9.40. The summed E-state index contributed by atoms with van der Waals surface area (Å²) in [6.07, 6.45) is 0. The topological polar surface area (TPSA) is 34.2 Å². The van der Waals surface area contributed by atoms with Crippen LogP contribution in [0.5, 0.6) is 0 Å². The summed E-state index contributed by atoms with van der Waals surface area (Å²) in [7, 11) is -0.276. The van der Waals surface area contributed by atoms with Gasteiger partial charge in [0.1, 0.15) is 0 Å². The predicted molar refractivity (Wildman–Crippen MR) is 104 cm³/mol. The van der Waals surface area contributed by atoms with E-state index < -0.39 is 0 Å². The molecule has 3 heterocycles. The molecule has 26 heavy (non-hydrogen) atoms. The highest BCUT2D eigenvalue weighted by Gasteiger charge is 2.51. The van der Waals surface area contributed by atoms with Gasteiger partial charge >= 0.3 is 7.12 Å². The van der Waals surface area contributed by atoms with Crippen molar-refractivity contribution in [2.75, 3.05) is 39.4 Å². The fourth-order valence-electron chi connectivity index (χ4n) is 3.74. The Kier molecular flexibility index (Phi) is 4.91. The van der Waals surface area contributed by atoms with Crippen molar-refractivity contribution in [3.8, 4) is 0 Å². The van der Waals surface area contributed by atoms with Gasteiger partial charge < -0.3 is 14.0 Å². The quantitative estimate of drug-likeness (QED) is 0.763. The Morgan fingerprint density at radius 1 is 0.923 bits per heavy atom. The fourth-order valence-corrected chi connectivity index (χ4v) is 3.74. The first-order valence-corrected chi connectivity index (χ1v) is 9.83. The Balaban J connectivity index is 1.31. The Bertz CT molecular complexity index is 606. The van der Waals surface area contributed by atoms with E-state index in [1.807, 2.05) is 0 Å². The Hall–Kier alpha value is -0.915. The van der Waals surface area contributed by atoms with E-state index in [4.69, 9.17) is 14.0 Å². The van der Waals surface area contributed by atoms with E-state index in [0.717, 1.165) is 51.4 Å². The van der Waals surface area contributed by atoms with Gasteiger partial charge in [0.15, 0.2) is 0 Å². The van der Waals surface area contributed by atoms with Crippen molar-refractivity contribution in [3.05, 3.63) is 29.8 Å². The third kappa shape index (κ3) is 3.58. The van der Waals surface area contributed by atoms with Crippen LogP contribution in [0.3, 0.4) is 0 Å². The summed E-state index contributed by atoms with van der Waals surface area (Å²) in [5, 5.41) is 0. The predicted octanol–water partition coefficient (Wildman–Crippen LogP) is 1.50. The van der Waals surface area contributed by atoms with Crippen LogP contribution in [0.1, 0.15) is 33.3 Å². The molecule has 0 saturated carbocycles. The SMILES string of the molecule is CC1(C)OB(c2ccc(CN3CCN(C4COC4)CC3)cc2)OC1(C)C. The molecule has 142 valence electrons. The van der Waals surface area contributed by atoms with Gasteiger partial charge in [-0.1, -0.05) is 24.3 Å². The minimum atomic E-state index is -0.290. The molecule has 0 bridgehead atoms. The molecule has 0 spiro atoms. The molecule has 6 heteroatoms. The molecule has 3 aliphatic heterocycles. The van der Waals surface area contributed by atoms with Crippen molar-refractivity contribution < 1.29 is 14.0 Å². The first-order valence-electron chi connectivity index (χ1n) is 9.83. The number of hydrogen-bond donors (Lipinski definition) is 0. The molecule has 3 aliphatic rings. The van der Waals surface area contributed by atoms with Gasteiger partial charge in [-0.2, -0.15) is 0 Å². The molecule has 0 amide bonds. The molecule has 0 unspecified atom stereocenters. The molecule has 0 radical (unpaired) electrons. The van der Waals surface area contributed by atoms with Crippen molar-refractivity contribution in [1.29, 1.82) is 0 Å². The van der Waals surface area contributed by atoms with Gasteiger partial charge in [0.05, 0.1) is 30.5 Å². The van der Waals surface area contributed by atoms with Gasteiger partial charge in [0.25, 0.3) is 0 Å². The molecule has 3 saturated heterocycles. The van der Waals surface area contributed by atoms with Crippen LogP contribution >= 0.6 is 0 Å². The Labute approximate surface area is 157 Å². The maximum Gasteiger partial charge on any atom is 0.494 e. The molecule has 1 aromatic carbocycles. The van der Waals surface area contributed by atoms with Gasteiger partial charge in [0, 0.05) is 32.7 Å². The molecule has 3 fully saturated rings. The first-order chi connectivity index (χ1) is 12.3. The highest BCUT2D eigenvalue weighted by atomic mass is 16.7. The lowest BCUT2D eigenvalue weighted by Gasteiger charge is -2.42. The summed E-state index contributed by atoms with van der Waals surface area (Å²) in [5.74, 6) is 0. The van der Waals surface area contributed by atoms with Crippen LogP contribution in [0.25, 0.3) is 0 Å². The van der Waals surface area contributed by atoms with Crippen molar-refractivity contribution in [1.82, 2.24) is 9.80 Å². The average molecular weight is 358 g/mol. The van der Waals surface area contributed by atoms with Crippen molar-refractivity contribution in [3.63, 3.8) is 0 Å². The van der Waals surface area contributed by atoms with Gasteiger partial charge in [-0.25, -0.2) is 0 Å². The van der Waals surface area contributed by atoms with Gasteiger partial charge in [-0.3, -0.25) is 9.80 Å². The second kappa shape index (κ2) is 6.91. The molecule has 0 aliphatic carbocycles. The Morgan fingerprint density at radius 3 is 2.00 bits per heavy atom. The summed E-state index contributed by atoms with van der Waals surface area (Å²) < 4.78 is 17.6. The van der Waals surface area contributed by atoms with E-state index >= 15 is 0 Å². The lowest BCUT2D eigenvalue weighted by atomic mass is 9.79. The van der Waals surface area contributed by atoms with E-state index in [2.05, 4.69) is 61.8 Å². The molecule has 0 N–H and O–H groups in total. The molecular formula is C20H31BN2O3. The number of nitrogens with zero attached hydrogens (tertiary/aromatic N) is 2. The fraction of sp³-hybridized carbons (Fsp3) is 0.700. The molecule has 5 nitrogen and oxygen atoms in total. The van der Waals surface area contributed by atoms with Crippen molar-refractivity contribution >= 4 is 12.6 Å². The normalized spacial score (nSPS) is 26.8. The van der Waals surface area contributed by atoms with Gasteiger partial charge in [0.2, 0.25) is 0 Å². The minimum Gasteiger partial charge on any atom is -0.399 e. The highest BCUT2D eigenvalue weighted by molar-refractivity contribution is 6.62. The zero-order valence-corrected chi connectivity index (χ0v) is 16.5. The standard InChI is InChI=1S/C20H31BN2O3/c1-19(2)20(3,4)26-21(25-19)17-7-5-16(6-8-17)13-22-9-11-23(12-10-22)18-14-24-15-18/h5-8,18H,9-15H2,1-4H3. The highest BCUT2D eigenvalue weighted by Crippen LogP contribution is 2.36. The lowest BCUT2D eigenvalue weighted by Crippen LogP contribution is -2.56. The monoisotopic (exact) mass is 358 g/mol. The summed E-state index contributed by atoms with van der Waals surface area (Å²) >= 11 is 0. The summed E-state index contributed by atoms with van der Waals surface area (Å²) in [4.78, 5) is 5.11. The number of benzene rings is 1. The van der Waals surface area contributed by atoms with E-state index in [1.165, 1.54) is 5.56 Å². The zero-order valence-electron chi connectivity index (χ0n) is 16.5. The molecular weight excluding hydrogens is 327 g/mol. The van der Waals surface area contributed by atoms with Gasteiger partial charge in [-0.15, -0.1) is 0 Å². The van der Waals surface area contributed by atoms with Gasteiger partial charge in [-0.05, 0) is 38.7 Å². The number of piperazine rings is 1. The second-order valence-electron chi connectivity index (χ2n) is 8.83. The van der Waals surface area contributed by atoms with Crippen LogP contribution in [0.15, 0.2) is 24.3 Å². The number of ether oxygens (including phenoxy) is 1. The largest absolute Gasteiger partial charge is 0.494 e. The maximum absolute atomic E-state index is 6.14. The molecule has 1 aromatic rings. The molecule has 0 aromatic heterocycles. The van der Waals surface area contributed by atoms with Crippen molar-refractivity contribution in [2.45, 2.75) is 51.5 Å². The maximum atomic E-state index is 6.14. The lowest BCUT2D eigenvalue weighted by molar-refractivity contribution is -0.0774. The molecule has 4 rings (SSSR count). The third-order valence-electron chi connectivity index (χ3n) is 6.46. The number of rotatable bonds is 4. The van der Waals surface area contributed by atoms with Crippen LogP contribution in [0.4, 0.5) is 0 Å². The van der Waals surface area contributed by atoms with E-state index in [1.54, 1.807) is 0 Å². The van der Waals surface area contributed by atoms with Crippen LogP contribution in [0.2, 0.25) is 0 Å². The summed E-state index contributed by atoms with van der Waals surface area (Å²) in [5.41, 5.74) is 1.87. The van der Waals surface area contributed by atoms with Crippen LogP contribution in [0, 0.1) is 0 Å². The zero-order chi connectivity index (χ0) is 18.4. The second-order valence-corrected chi connectivity index (χ2v) is 8.83. The Morgan fingerprint density at radius 2 is 1.50 bits per heavy atom. The van der Waals surface area contributed by atoms with Crippen LogP contribution < -0.4 is 5.46 Å². The third-order valence-corrected chi connectivity index (χ3v) is 6.46. The average Bonchev–Trinajstić information content (AvgIpc) is 2.76. The summed E-state index contributed by atoms with van der Waals surface area (Å²) in [6.45, 7) is 15.8. The number of hydrogen-bond acceptors (Lipinski definition) is 5. The van der Waals surface area contributed by atoms with E-state index in [0.29, 0.717) is 6.04 Å². The smallest absolute Gasteiger partial charge is 0.399 e. The van der Waals surface area contributed by atoms with Crippen LogP contribution in [-0.4, -0.2) is 73.6 Å².